The zero-order valence-corrected chi connectivity index (χ0v) is 24.2. The zero-order chi connectivity index (χ0) is 29.5. The average molecular weight is 555 g/mol. The van der Waals surface area contributed by atoms with Gasteiger partial charge in [0.1, 0.15) is 18.2 Å². The van der Waals surface area contributed by atoms with Gasteiger partial charge in [0.05, 0.1) is 17.6 Å². The van der Waals surface area contributed by atoms with E-state index < -0.39 is 42.1 Å². The van der Waals surface area contributed by atoms with Crippen molar-refractivity contribution in [3.05, 3.63) is 66.0 Å². The molecular weight excluding hydrogens is 508 g/mol. The maximum absolute atomic E-state index is 13.7. The van der Waals surface area contributed by atoms with Crippen LogP contribution >= 0.6 is 0 Å². The summed E-state index contributed by atoms with van der Waals surface area (Å²) in [6, 6.07) is 10.2. The molecule has 0 saturated carbocycles. The molecule has 9 nitrogen and oxygen atoms in total. The fraction of sp³-hybridized carbons (Fsp3) is 0.548. The van der Waals surface area contributed by atoms with Gasteiger partial charge in [-0.25, -0.2) is 0 Å². The highest BCUT2D eigenvalue weighted by atomic mass is 16.3. The highest BCUT2D eigenvalue weighted by Gasteiger charge is 2.34. The molecule has 1 aromatic heterocycles. The summed E-state index contributed by atoms with van der Waals surface area (Å²) in [6.07, 6.45) is 5.92. The number of carbonyl (C=O) groups excluding carboxylic acids is 3. The van der Waals surface area contributed by atoms with Crippen molar-refractivity contribution >= 4 is 17.7 Å². The summed E-state index contributed by atoms with van der Waals surface area (Å²) in [5.41, 5.74) is 1.20. The molecule has 0 bridgehead atoms. The Morgan fingerprint density at radius 2 is 1.52 bits per heavy atom. The highest BCUT2D eigenvalue weighted by molar-refractivity contribution is 5.97. The average Bonchev–Trinajstić information content (AvgIpc) is 2.94. The Morgan fingerprint density at radius 1 is 0.850 bits per heavy atom. The van der Waals surface area contributed by atoms with Gasteiger partial charge in [-0.15, -0.1) is 0 Å². The van der Waals surface area contributed by atoms with Crippen molar-refractivity contribution in [2.75, 3.05) is 0 Å². The Balaban J connectivity index is 2.28. The van der Waals surface area contributed by atoms with Crippen LogP contribution in [0.3, 0.4) is 0 Å². The minimum atomic E-state index is -1.38. The van der Waals surface area contributed by atoms with Crippen molar-refractivity contribution in [2.24, 2.45) is 5.92 Å². The molecule has 2 aromatic rings. The Kier molecular flexibility index (Phi) is 14.3. The van der Waals surface area contributed by atoms with Crippen LogP contribution in [0.1, 0.15) is 82.1 Å². The molecule has 0 radical (unpaired) electrons. The van der Waals surface area contributed by atoms with Crippen LogP contribution < -0.4 is 16.0 Å². The van der Waals surface area contributed by atoms with Gasteiger partial charge in [-0.05, 0) is 49.8 Å². The van der Waals surface area contributed by atoms with Gasteiger partial charge in [-0.2, -0.15) is 0 Å². The summed E-state index contributed by atoms with van der Waals surface area (Å²) >= 11 is 0. The van der Waals surface area contributed by atoms with Gasteiger partial charge in [-0.1, -0.05) is 69.9 Å². The van der Waals surface area contributed by atoms with Crippen LogP contribution in [0.5, 0.6) is 0 Å². The standard InChI is InChI=1S/C31H46N4O5/c1-5-11-23(12-6-2)16-17-26(34-30(39)25-15-10-18-32-20-25)31(40)35-27(19-24-13-8-7-9-14-24)29(38)28(37)21(3)33-22(4)36/h7-10,13-15,18,20-21,23,26-29,37-38H,5-6,11-12,16-17,19H2,1-4H3,(H,33,36)(H,34,39)(H,35,40)/t21-,26-,27+,28-,29-/m1/s1. The minimum absolute atomic E-state index is 0.245. The van der Waals surface area contributed by atoms with Crippen LogP contribution in [0.25, 0.3) is 0 Å². The lowest BCUT2D eigenvalue weighted by molar-refractivity contribution is -0.127. The van der Waals surface area contributed by atoms with E-state index in [2.05, 4.69) is 34.8 Å². The number of amides is 3. The van der Waals surface area contributed by atoms with E-state index in [1.54, 1.807) is 25.3 Å². The molecule has 0 unspecified atom stereocenters. The molecule has 0 aliphatic heterocycles. The van der Waals surface area contributed by atoms with Crippen molar-refractivity contribution in [2.45, 2.75) is 103 Å². The quantitative estimate of drug-likeness (QED) is 0.203. The number of carbonyl (C=O) groups is 3. The molecular formula is C31H46N4O5. The molecule has 40 heavy (non-hydrogen) atoms. The summed E-state index contributed by atoms with van der Waals surface area (Å²) in [5, 5.41) is 30.4. The maximum atomic E-state index is 13.7. The third kappa shape index (κ3) is 11.1. The first kappa shape index (κ1) is 32.9. The summed E-state index contributed by atoms with van der Waals surface area (Å²) in [6.45, 7) is 7.20. The minimum Gasteiger partial charge on any atom is -0.388 e. The van der Waals surface area contributed by atoms with Gasteiger partial charge in [0.2, 0.25) is 11.8 Å². The van der Waals surface area contributed by atoms with E-state index in [1.165, 1.54) is 13.1 Å². The molecule has 1 aromatic carbocycles. The fourth-order valence-corrected chi connectivity index (χ4v) is 5.01. The number of rotatable bonds is 17. The lowest BCUT2D eigenvalue weighted by atomic mass is 9.90. The summed E-state index contributed by atoms with van der Waals surface area (Å²) < 4.78 is 0. The second-order valence-electron chi connectivity index (χ2n) is 10.6. The first-order valence-corrected chi connectivity index (χ1v) is 14.3. The Morgan fingerprint density at radius 3 is 2.10 bits per heavy atom. The molecule has 2 rings (SSSR count). The molecule has 0 spiro atoms. The molecule has 0 fully saturated rings. The third-order valence-electron chi connectivity index (χ3n) is 7.13. The molecule has 0 aliphatic rings. The van der Waals surface area contributed by atoms with Crippen LogP contribution in [0.4, 0.5) is 0 Å². The van der Waals surface area contributed by atoms with Gasteiger partial charge in [0.25, 0.3) is 5.91 Å². The number of hydrogen-bond acceptors (Lipinski definition) is 6. The monoisotopic (exact) mass is 554 g/mol. The fourth-order valence-electron chi connectivity index (χ4n) is 5.01. The van der Waals surface area contributed by atoms with Crippen molar-refractivity contribution in [3.63, 3.8) is 0 Å². The van der Waals surface area contributed by atoms with E-state index in [0.717, 1.165) is 37.7 Å². The predicted octanol–water partition coefficient (Wildman–Crippen LogP) is 3.15. The van der Waals surface area contributed by atoms with Crippen molar-refractivity contribution in [3.8, 4) is 0 Å². The molecule has 5 N–H and O–H groups in total. The smallest absolute Gasteiger partial charge is 0.253 e. The molecule has 0 aliphatic carbocycles. The van der Waals surface area contributed by atoms with Crippen LogP contribution in [0.2, 0.25) is 0 Å². The van der Waals surface area contributed by atoms with E-state index >= 15 is 0 Å². The van der Waals surface area contributed by atoms with Gasteiger partial charge < -0.3 is 26.2 Å². The first-order valence-electron chi connectivity index (χ1n) is 14.3. The zero-order valence-electron chi connectivity index (χ0n) is 24.2. The van der Waals surface area contributed by atoms with Crippen LogP contribution in [-0.4, -0.2) is 63.3 Å². The lowest BCUT2D eigenvalue weighted by Gasteiger charge is -2.32. The Labute approximate surface area is 238 Å². The predicted molar refractivity (Wildman–Crippen MR) is 155 cm³/mol. The number of aliphatic hydroxyl groups excluding tert-OH is 2. The van der Waals surface area contributed by atoms with Crippen LogP contribution in [0, 0.1) is 5.92 Å². The number of benzene rings is 1. The van der Waals surface area contributed by atoms with E-state index in [-0.39, 0.29) is 12.3 Å². The SMILES string of the molecule is CCCC(CCC)CC[C@@H](NC(=O)c1cccnc1)C(=O)N[C@@H](Cc1ccccc1)[C@@H](O)[C@H](O)[C@@H](C)NC(C)=O. The highest BCUT2D eigenvalue weighted by Crippen LogP contribution is 2.21. The number of hydrogen-bond donors (Lipinski definition) is 5. The van der Waals surface area contributed by atoms with Crippen LogP contribution in [-0.2, 0) is 16.0 Å². The number of nitrogens with zero attached hydrogens (tertiary/aromatic N) is 1. The maximum Gasteiger partial charge on any atom is 0.253 e. The van der Waals surface area contributed by atoms with Crippen molar-refractivity contribution < 1.29 is 24.6 Å². The molecule has 0 saturated heterocycles. The van der Waals surface area contributed by atoms with Crippen molar-refractivity contribution in [1.82, 2.24) is 20.9 Å². The molecule has 220 valence electrons. The largest absolute Gasteiger partial charge is 0.388 e. The Bertz CT molecular complexity index is 1030. The van der Waals surface area contributed by atoms with E-state index in [0.29, 0.717) is 17.9 Å². The van der Waals surface area contributed by atoms with Gasteiger partial charge in [-0.3, -0.25) is 19.4 Å². The first-order chi connectivity index (χ1) is 19.2. The van der Waals surface area contributed by atoms with E-state index in [4.69, 9.17) is 0 Å². The second-order valence-corrected chi connectivity index (χ2v) is 10.6. The number of aliphatic hydroxyl groups is 2. The number of pyridine rings is 1. The second kappa shape index (κ2) is 17.4. The van der Waals surface area contributed by atoms with E-state index in [9.17, 15) is 24.6 Å². The lowest BCUT2D eigenvalue weighted by Crippen LogP contribution is -2.58. The van der Waals surface area contributed by atoms with E-state index in [1.807, 2.05) is 30.3 Å². The number of nitrogens with one attached hydrogen (secondary N) is 3. The Hall–Kier alpha value is -3.30. The summed E-state index contributed by atoms with van der Waals surface area (Å²) in [7, 11) is 0. The molecule has 5 atom stereocenters. The topological polar surface area (TPSA) is 141 Å². The van der Waals surface area contributed by atoms with Gasteiger partial charge in [0.15, 0.2) is 0 Å². The van der Waals surface area contributed by atoms with Crippen LogP contribution in [0.15, 0.2) is 54.9 Å². The normalized spacial score (nSPS) is 15.0. The third-order valence-corrected chi connectivity index (χ3v) is 7.13. The van der Waals surface area contributed by atoms with Gasteiger partial charge in [0, 0.05) is 19.3 Å². The summed E-state index contributed by atoms with van der Waals surface area (Å²) in [5.74, 6) is -0.750. The number of aromatic nitrogens is 1. The summed E-state index contributed by atoms with van der Waals surface area (Å²) in [4.78, 5) is 42.2. The molecule has 9 heteroatoms. The van der Waals surface area contributed by atoms with Gasteiger partial charge >= 0.3 is 0 Å². The van der Waals surface area contributed by atoms with Crippen molar-refractivity contribution in [1.29, 1.82) is 0 Å². The molecule has 1 heterocycles. The molecule has 3 amide bonds.